The zero-order valence-corrected chi connectivity index (χ0v) is 17.0. The van der Waals surface area contributed by atoms with Crippen molar-refractivity contribution < 1.29 is 13.9 Å². The normalized spacial score (nSPS) is 15.5. The minimum atomic E-state index is -0.159. The maximum absolute atomic E-state index is 13.0. The maximum atomic E-state index is 13.0. The summed E-state index contributed by atoms with van der Waals surface area (Å²) in [6.07, 6.45) is 3.15. The van der Waals surface area contributed by atoms with Gasteiger partial charge in [-0.15, -0.1) is 0 Å². The molecule has 5 heteroatoms. The van der Waals surface area contributed by atoms with Gasteiger partial charge in [-0.2, -0.15) is 0 Å². The standard InChI is InChI=1S/C23H31FN2O2/c1-27-22-10-7-20(18-23(22)28-2)11-13-26-16-14-25(15-17-26)12-3-4-19-5-8-21(24)9-6-19/h5-10,18H,3-4,11-17H2,1-2H3/i1-1. The molecule has 0 radical (unpaired) electrons. The summed E-state index contributed by atoms with van der Waals surface area (Å²) in [5, 5.41) is 0. The van der Waals surface area contributed by atoms with Gasteiger partial charge >= 0.3 is 0 Å². The van der Waals surface area contributed by atoms with Gasteiger partial charge in [-0.3, -0.25) is 0 Å². The average Bonchev–Trinajstić information content (AvgIpc) is 2.74. The molecule has 0 unspecified atom stereocenters. The molecule has 1 fully saturated rings. The van der Waals surface area contributed by atoms with Crippen molar-refractivity contribution in [3.8, 4) is 11.5 Å². The van der Waals surface area contributed by atoms with Gasteiger partial charge in [0.25, 0.3) is 0 Å². The number of methoxy groups -OCH3 is 2. The van der Waals surface area contributed by atoms with Crippen LogP contribution in [0, 0.1) is 5.82 Å². The second-order valence-corrected chi connectivity index (χ2v) is 7.35. The summed E-state index contributed by atoms with van der Waals surface area (Å²) >= 11 is 0. The summed E-state index contributed by atoms with van der Waals surface area (Å²) in [4.78, 5) is 5.07. The van der Waals surface area contributed by atoms with E-state index >= 15 is 0 Å². The quantitative estimate of drug-likeness (QED) is 0.658. The number of benzene rings is 2. The molecule has 1 aliphatic rings. The molecule has 0 N–H and O–H groups in total. The van der Waals surface area contributed by atoms with Crippen LogP contribution < -0.4 is 9.47 Å². The van der Waals surface area contributed by atoms with Crippen molar-refractivity contribution in [2.24, 2.45) is 0 Å². The largest absolute Gasteiger partial charge is 0.493 e. The van der Waals surface area contributed by atoms with Crippen LogP contribution in [0.25, 0.3) is 0 Å². The number of piperazine rings is 1. The van der Waals surface area contributed by atoms with E-state index in [1.807, 2.05) is 18.2 Å². The van der Waals surface area contributed by atoms with E-state index in [0.29, 0.717) is 0 Å². The fourth-order valence-electron chi connectivity index (χ4n) is 3.72. The number of aryl methyl sites for hydroxylation is 1. The zero-order chi connectivity index (χ0) is 19.8. The van der Waals surface area contributed by atoms with Crippen LogP contribution in [-0.4, -0.2) is 63.3 Å². The third kappa shape index (κ3) is 5.94. The second-order valence-electron chi connectivity index (χ2n) is 7.35. The lowest BCUT2D eigenvalue weighted by Gasteiger charge is -2.34. The van der Waals surface area contributed by atoms with Crippen LogP contribution in [0.4, 0.5) is 4.39 Å². The Kier molecular flexibility index (Phi) is 7.69. The van der Waals surface area contributed by atoms with Crippen molar-refractivity contribution >= 4 is 0 Å². The topological polar surface area (TPSA) is 24.9 Å². The van der Waals surface area contributed by atoms with E-state index in [9.17, 15) is 4.39 Å². The highest BCUT2D eigenvalue weighted by atomic mass is 19.1. The van der Waals surface area contributed by atoms with Crippen LogP contribution in [0.3, 0.4) is 0 Å². The molecule has 2 aromatic carbocycles. The molecule has 1 aliphatic heterocycles. The fourth-order valence-corrected chi connectivity index (χ4v) is 3.72. The Hall–Kier alpha value is -2.11. The Bertz CT molecular complexity index is 728. The fraction of sp³-hybridized carbons (Fsp3) is 0.478. The SMILES string of the molecule is COc1cc(CCN2CCN(CCCc3ccc(F)cc3)CC2)ccc1O[11CH3]. The molecule has 0 spiro atoms. The molecule has 0 bridgehead atoms. The van der Waals surface area contributed by atoms with Gasteiger partial charge in [0.2, 0.25) is 0 Å². The first-order chi connectivity index (χ1) is 13.7. The van der Waals surface area contributed by atoms with Gasteiger partial charge < -0.3 is 19.3 Å². The van der Waals surface area contributed by atoms with Crippen LogP contribution in [-0.2, 0) is 12.8 Å². The van der Waals surface area contributed by atoms with Crippen LogP contribution in [0.5, 0.6) is 11.5 Å². The lowest BCUT2D eigenvalue weighted by atomic mass is 10.1. The molecule has 1 saturated heterocycles. The highest BCUT2D eigenvalue weighted by Crippen LogP contribution is 2.27. The average molecular weight is 386 g/mol. The van der Waals surface area contributed by atoms with E-state index < -0.39 is 0 Å². The minimum Gasteiger partial charge on any atom is -0.493 e. The predicted molar refractivity (Wildman–Crippen MR) is 111 cm³/mol. The Morgan fingerprint density at radius 1 is 0.750 bits per heavy atom. The van der Waals surface area contributed by atoms with E-state index in [1.165, 1.54) is 11.1 Å². The molecule has 28 heavy (non-hydrogen) atoms. The number of rotatable bonds is 9. The molecule has 0 aliphatic carbocycles. The van der Waals surface area contributed by atoms with Gasteiger partial charge in [-0.05, 0) is 61.2 Å². The van der Waals surface area contributed by atoms with E-state index in [0.717, 1.165) is 70.0 Å². The Labute approximate surface area is 167 Å². The monoisotopic (exact) mass is 385 g/mol. The van der Waals surface area contributed by atoms with Crippen molar-refractivity contribution in [3.63, 3.8) is 0 Å². The Balaban J connectivity index is 1.35. The van der Waals surface area contributed by atoms with Gasteiger partial charge in [-0.1, -0.05) is 18.2 Å². The van der Waals surface area contributed by atoms with Crippen LogP contribution in [0.15, 0.2) is 42.5 Å². The number of halogens is 1. The summed E-state index contributed by atoms with van der Waals surface area (Å²) in [5.74, 6) is 1.42. The van der Waals surface area contributed by atoms with Crippen molar-refractivity contribution in [1.29, 1.82) is 0 Å². The molecule has 0 atom stereocenters. The van der Waals surface area contributed by atoms with Crippen LogP contribution >= 0.6 is 0 Å². The lowest BCUT2D eigenvalue weighted by Crippen LogP contribution is -2.47. The van der Waals surface area contributed by atoms with Crippen LogP contribution in [0.2, 0.25) is 0 Å². The maximum Gasteiger partial charge on any atom is 0.160 e. The molecule has 152 valence electrons. The van der Waals surface area contributed by atoms with Crippen molar-refractivity contribution in [3.05, 3.63) is 59.4 Å². The van der Waals surface area contributed by atoms with Crippen molar-refractivity contribution in [2.75, 3.05) is 53.5 Å². The highest BCUT2D eigenvalue weighted by Gasteiger charge is 2.16. The number of nitrogens with zero attached hydrogens (tertiary/aromatic N) is 2. The molecule has 2 aromatic rings. The first-order valence-electron chi connectivity index (χ1n) is 10.1. The molecular weight excluding hydrogens is 354 g/mol. The summed E-state index contributed by atoms with van der Waals surface area (Å²) < 4.78 is 23.7. The summed E-state index contributed by atoms with van der Waals surface area (Å²) in [6.45, 7) is 6.65. The summed E-state index contributed by atoms with van der Waals surface area (Å²) in [6, 6.07) is 13.0. The molecule has 4 nitrogen and oxygen atoms in total. The summed E-state index contributed by atoms with van der Waals surface area (Å²) in [5.41, 5.74) is 2.49. The van der Waals surface area contributed by atoms with Gasteiger partial charge in [0.05, 0.1) is 14.2 Å². The molecule has 0 amide bonds. The smallest absolute Gasteiger partial charge is 0.160 e. The van der Waals surface area contributed by atoms with Crippen LogP contribution in [0.1, 0.15) is 17.5 Å². The van der Waals surface area contributed by atoms with E-state index in [2.05, 4.69) is 21.9 Å². The zero-order valence-electron chi connectivity index (χ0n) is 17.0. The van der Waals surface area contributed by atoms with Crippen molar-refractivity contribution in [2.45, 2.75) is 19.3 Å². The first kappa shape index (κ1) is 20.6. The highest BCUT2D eigenvalue weighted by molar-refractivity contribution is 5.42. The second kappa shape index (κ2) is 10.4. The molecular formula is C23H31FN2O2. The number of hydrogen-bond acceptors (Lipinski definition) is 4. The Morgan fingerprint density at radius 2 is 1.36 bits per heavy atom. The minimum absolute atomic E-state index is 0.159. The number of ether oxygens (including phenoxy) is 2. The third-order valence-corrected chi connectivity index (χ3v) is 5.48. The molecule has 1 heterocycles. The molecule has 3 rings (SSSR count). The van der Waals surface area contributed by atoms with E-state index in [4.69, 9.17) is 9.47 Å². The Morgan fingerprint density at radius 3 is 2.00 bits per heavy atom. The molecule has 0 saturated carbocycles. The predicted octanol–water partition coefficient (Wildman–Crippen LogP) is 3.64. The van der Waals surface area contributed by atoms with Gasteiger partial charge in [0, 0.05) is 32.7 Å². The van der Waals surface area contributed by atoms with Crippen molar-refractivity contribution in [1.82, 2.24) is 9.80 Å². The number of hydrogen-bond donors (Lipinski definition) is 0. The van der Waals surface area contributed by atoms with Gasteiger partial charge in [-0.25, -0.2) is 4.39 Å². The molecule has 0 aromatic heterocycles. The summed E-state index contributed by atoms with van der Waals surface area (Å²) in [7, 11) is 3.34. The lowest BCUT2D eigenvalue weighted by molar-refractivity contribution is 0.132. The van der Waals surface area contributed by atoms with E-state index in [-0.39, 0.29) is 5.82 Å². The van der Waals surface area contributed by atoms with Gasteiger partial charge in [0.1, 0.15) is 5.82 Å². The third-order valence-electron chi connectivity index (χ3n) is 5.48. The van der Waals surface area contributed by atoms with Gasteiger partial charge in [0.15, 0.2) is 11.5 Å². The first-order valence-corrected chi connectivity index (χ1v) is 10.1. The van der Waals surface area contributed by atoms with E-state index in [1.54, 1.807) is 26.4 Å².